The lowest BCUT2D eigenvalue weighted by atomic mass is 10.0. The number of amides is 1. The van der Waals surface area contributed by atoms with Gasteiger partial charge < -0.3 is 14.4 Å². The van der Waals surface area contributed by atoms with E-state index in [0.717, 1.165) is 16.3 Å². The van der Waals surface area contributed by atoms with E-state index in [0.29, 0.717) is 42.9 Å². The van der Waals surface area contributed by atoms with E-state index < -0.39 is 20.9 Å². The molecule has 1 aliphatic heterocycles. The molecule has 9 heteroatoms. The Labute approximate surface area is 237 Å². The third kappa shape index (κ3) is 7.05. The minimum atomic E-state index is -3.63. The van der Waals surface area contributed by atoms with Crippen LogP contribution in [-0.4, -0.2) is 49.5 Å². The molecular weight excluding hydrogens is 526 g/mol. The zero-order valence-corrected chi connectivity index (χ0v) is 24.6. The molecule has 1 amide bonds. The molecule has 1 saturated heterocycles. The number of nitrogens with zero attached hydrogens (tertiary/aromatic N) is 3. The lowest BCUT2D eigenvalue weighted by Gasteiger charge is -2.33. The van der Waals surface area contributed by atoms with E-state index in [2.05, 4.69) is 6.07 Å². The zero-order valence-electron chi connectivity index (χ0n) is 23.8. The highest BCUT2D eigenvalue weighted by molar-refractivity contribution is 7.93. The molecule has 0 saturated carbocycles. The van der Waals surface area contributed by atoms with Crippen molar-refractivity contribution in [1.82, 2.24) is 4.90 Å². The van der Waals surface area contributed by atoms with Gasteiger partial charge in [0.2, 0.25) is 10.0 Å². The van der Waals surface area contributed by atoms with Crippen molar-refractivity contribution in [3.05, 3.63) is 71.8 Å². The van der Waals surface area contributed by atoms with Crippen molar-refractivity contribution < 1.29 is 22.7 Å². The summed E-state index contributed by atoms with van der Waals surface area (Å²) in [6.07, 6.45) is 1.02. The van der Waals surface area contributed by atoms with E-state index in [1.165, 1.54) is 4.31 Å². The predicted octanol–water partition coefficient (Wildman–Crippen LogP) is 6.23. The Hall–Kier alpha value is -3.77. The minimum Gasteiger partial charge on any atom is -0.490 e. The normalized spacial score (nSPS) is 14.7. The third-order valence-corrected chi connectivity index (χ3v) is 8.93. The maximum Gasteiger partial charge on any atom is 0.410 e. The zero-order chi connectivity index (χ0) is 29.1. The van der Waals surface area contributed by atoms with Crippen LogP contribution in [0.25, 0.3) is 10.8 Å². The van der Waals surface area contributed by atoms with Crippen molar-refractivity contribution >= 4 is 32.6 Å². The number of nitriles is 1. The molecule has 8 nitrogen and oxygen atoms in total. The summed E-state index contributed by atoms with van der Waals surface area (Å²) in [6, 6.07) is 20.5. The van der Waals surface area contributed by atoms with Crippen LogP contribution < -0.4 is 9.04 Å². The average Bonchev–Trinajstić information content (AvgIpc) is 2.91. The van der Waals surface area contributed by atoms with Gasteiger partial charge in [-0.2, -0.15) is 5.26 Å². The summed E-state index contributed by atoms with van der Waals surface area (Å²) in [6.45, 7) is 10.2. The molecule has 0 aromatic heterocycles. The molecule has 0 unspecified atom stereocenters. The topological polar surface area (TPSA) is 99.9 Å². The fourth-order valence-electron chi connectivity index (χ4n) is 4.58. The Balaban J connectivity index is 1.47. The van der Waals surface area contributed by atoms with Gasteiger partial charge in [-0.15, -0.1) is 0 Å². The summed E-state index contributed by atoms with van der Waals surface area (Å²) in [4.78, 5) is 14.0. The predicted molar refractivity (Wildman–Crippen MR) is 157 cm³/mol. The van der Waals surface area contributed by atoms with Crippen molar-refractivity contribution in [2.75, 3.05) is 17.4 Å². The number of piperidine rings is 1. The summed E-state index contributed by atoms with van der Waals surface area (Å²) in [7, 11) is -3.63. The number of sulfonamides is 1. The van der Waals surface area contributed by atoms with Crippen LogP contribution in [-0.2, 0) is 21.3 Å². The second-order valence-electron chi connectivity index (χ2n) is 11.4. The Morgan fingerprint density at radius 3 is 2.27 bits per heavy atom. The highest BCUT2D eigenvalue weighted by Gasteiger charge is 2.29. The van der Waals surface area contributed by atoms with E-state index in [1.807, 2.05) is 51.1 Å². The first-order valence-corrected chi connectivity index (χ1v) is 15.0. The highest BCUT2D eigenvalue weighted by Crippen LogP contribution is 2.29. The summed E-state index contributed by atoms with van der Waals surface area (Å²) < 4.78 is 39.8. The minimum absolute atomic E-state index is 0.0454. The first kappa shape index (κ1) is 29.2. The molecule has 0 N–H and O–H groups in total. The Kier molecular flexibility index (Phi) is 8.59. The molecular formula is C31H37N3O5S. The van der Waals surface area contributed by atoms with Crippen molar-refractivity contribution in [2.24, 2.45) is 0 Å². The smallest absolute Gasteiger partial charge is 0.410 e. The maximum absolute atomic E-state index is 13.4. The number of likely N-dealkylation sites (tertiary alicyclic amines) is 1. The van der Waals surface area contributed by atoms with Crippen LogP contribution in [0.5, 0.6) is 5.75 Å². The van der Waals surface area contributed by atoms with Gasteiger partial charge in [0.05, 0.1) is 29.1 Å². The lowest BCUT2D eigenvalue weighted by molar-refractivity contribution is 0.0126. The van der Waals surface area contributed by atoms with Crippen molar-refractivity contribution in [1.29, 1.82) is 5.26 Å². The van der Waals surface area contributed by atoms with Gasteiger partial charge in [0.15, 0.2) is 0 Å². The molecule has 0 bridgehead atoms. The summed E-state index contributed by atoms with van der Waals surface area (Å²) >= 11 is 0. The number of ether oxygens (including phenoxy) is 2. The molecule has 4 rings (SSSR count). The average molecular weight is 564 g/mol. The molecule has 3 aromatic rings. The van der Waals surface area contributed by atoms with Gasteiger partial charge in [-0.1, -0.05) is 18.2 Å². The van der Waals surface area contributed by atoms with E-state index >= 15 is 0 Å². The molecule has 1 heterocycles. The largest absolute Gasteiger partial charge is 0.490 e. The first-order chi connectivity index (χ1) is 18.9. The Morgan fingerprint density at radius 2 is 1.68 bits per heavy atom. The number of carbonyl (C=O) groups is 1. The number of anilines is 1. The molecule has 0 aliphatic carbocycles. The van der Waals surface area contributed by atoms with Crippen molar-refractivity contribution in [3.8, 4) is 11.8 Å². The molecule has 0 spiro atoms. The molecule has 1 aliphatic rings. The van der Waals surface area contributed by atoms with Gasteiger partial charge in [0, 0.05) is 25.9 Å². The standard InChI is InChI=1S/C31H37N3O5S/c1-22(2)40(36,37)34(21-24-7-9-25-8-6-23(20-32)18-26(25)19-24)27-10-12-28(13-11-27)38-29-14-16-33(17-15-29)30(35)39-31(3,4)5/h6-13,18-19,22,29H,14-17,21H2,1-5H3. The van der Waals surface area contributed by atoms with Gasteiger partial charge in [-0.3, -0.25) is 4.31 Å². The first-order valence-electron chi connectivity index (χ1n) is 13.5. The van der Waals surface area contributed by atoms with Crippen LogP contribution >= 0.6 is 0 Å². The van der Waals surface area contributed by atoms with Gasteiger partial charge in [-0.25, -0.2) is 13.2 Å². The van der Waals surface area contributed by atoms with E-state index in [9.17, 15) is 18.5 Å². The third-order valence-electron chi connectivity index (χ3n) is 6.78. The van der Waals surface area contributed by atoms with Crippen LogP contribution in [0, 0.1) is 11.3 Å². The SMILES string of the molecule is CC(C)S(=O)(=O)N(Cc1ccc2ccc(C#N)cc2c1)c1ccc(OC2CCN(C(=O)OC(C)(C)C)CC2)cc1. The molecule has 40 heavy (non-hydrogen) atoms. The molecule has 212 valence electrons. The van der Waals surface area contributed by atoms with E-state index in [-0.39, 0.29) is 18.7 Å². The van der Waals surface area contributed by atoms with Crippen LogP contribution in [0.4, 0.5) is 10.5 Å². The van der Waals surface area contributed by atoms with Gasteiger partial charge in [0.25, 0.3) is 0 Å². The quantitative estimate of drug-likeness (QED) is 0.338. The number of hydrogen-bond donors (Lipinski definition) is 0. The van der Waals surface area contributed by atoms with Crippen molar-refractivity contribution in [2.45, 2.75) is 71.0 Å². The van der Waals surface area contributed by atoms with Gasteiger partial charge in [-0.05, 0) is 93.4 Å². The van der Waals surface area contributed by atoms with Crippen molar-refractivity contribution in [3.63, 3.8) is 0 Å². The van der Waals surface area contributed by atoms with E-state index in [4.69, 9.17) is 9.47 Å². The van der Waals surface area contributed by atoms with Crippen LogP contribution in [0.15, 0.2) is 60.7 Å². The Bertz CT molecular complexity index is 1500. The molecule has 3 aromatic carbocycles. The second-order valence-corrected chi connectivity index (χ2v) is 13.8. The fraction of sp³-hybridized carbons (Fsp3) is 0.419. The number of rotatable bonds is 7. The number of fused-ring (bicyclic) bond motifs is 1. The van der Waals surface area contributed by atoms with E-state index in [1.54, 1.807) is 49.1 Å². The van der Waals surface area contributed by atoms with Gasteiger partial charge in [0.1, 0.15) is 17.5 Å². The lowest BCUT2D eigenvalue weighted by Crippen LogP contribution is -2.44. The van der Waals surface area contributed by atoms with Crippen LogP contribution in [0.1, 0.15) is 58.6 Å². The second kappa shape index (κ2) is 11.8. The number of carbonyl (C=O) groups excluding carboxylic acids is 1. The van der Waals surface area contributed by atoms with Crippen LogP contribution in [0.3, 0.4) is 0 Å². The molecule has 0 radical (unpaired) electrons. The monoisotopic (exact) mass is 563 g/mol. The summed E-state index contributed by atoms with van der Waals surface area (Å²) in [5, 5.41) is 10.5. The highest BCUT2D eigenvalue weighted by atomic mass is 32.2. The number of benzene rings is 3. The summed E-state index contributed by atoms with van der Waals surface area (Å²) in [5.74, 6) is 0.649. The van der Waals surface area contributed by atoms with Crippen LogP contribution in [0.2, 0.25) is 0 Å². The van der Waals surface area contributed by atoms with Gasteiger partial charge >= 0.3 is 6.09 Å². The summed E-state index contributed by atoms with van der Waals surface area (Å²) in [5.41, 5.74) is 1.40. The fourth-order valence-corrected chi connectivity index (χ4v) is 5.83. The molecule has 1 fully saturated rings. The molecule has 0 atom stereocenters. The maximum atomic E-state index is 13.4. The number of hydrogen-bond acceptors (Lipinski definition) is 6. The Morgan fingerprint density at radius 1 is 1.02 bits per heavy atom.